The van der Waals surface area contributed by atoms with Gasteiger partial charge in [-0.25, -0.2) is 0 Å². The third-order valence-corrected chi connectivity index (χ3v) is 3.07. The maximum absolute atomic E-state index is 11.8. The van der Waals surface area contributed by atoms with Gasteiger partial charge in [-0.2, -0.15) is 13.2 Å². The molecule has 22 heavy (non-hydrogen) atoms. The van der Waals surface area contributed by atoms with Gasteiger partial charge in [-0.1, -0.05) is 13.8 Å². The fraction of sp³-hybridized carbons (Fsp3) is 0.692. The van der Waals surface area contributed by atoms with Gasteiger partial charge in [-0.05, 0) is 12.3 Å². The van der Waals surface area contributed by atoms with E-state index in [4.69, 9.17) is 4.74 Å². The molecule has 0 saturated carbocycles. The van der Waals surface area contributed by atoms with E-state index in [0.29, 0.717) is 19.2 Å². The summed E-state index contributed by atoms with van der Waals surface area (Å²) < 4.78 is 40.6. The number of nitrogens with zero attached hydrogens (tertiary/aromatic N) is 1. The summed E-state index contributed by atoms with van der Waals surface area (Å²) in [5.74, 6) is 0.264. The Labute approximate surface area is 125 Å². The number of aromatic amines is 1. The second kappa shape index (κ2) is 7.70. The second-order valence-corrected chi connectivity index (χ2v) is 5.23. The molecule has 0 spiro atoms. The largest absolute Gasteiger partial charge is 0.432 e. The minimum atomic E-state index is -4.53. The van der Waals surface area contributed by atoms with Gasteiger partial charge in [0.2, 0.25) is 0 Å². The standard InChI is InChI=1S/C8H16O3.C5H3F3N2O/c1-5(2)8-7(10)6(9)3-4-11-8;6-5(7,8)3-1-9-2-4(11)10-3/h5-10H,3-4H2,1-2H3;1-2H,(H,10,11). The van der Waals surface area contributed by atoms with Crippen molar-refractivity contribution in [3.05, 3.63) is 28.4 Å². The maximum atomic E-state index is 11.8. The fourth-order valence-electron chi connectivity index (χ4n) is 1.92. The second-order valence-electron chi connectivity index (χ2n) is 5.23. The van der Waals surface area contributed by atoms with Crippen LogP contribution in [0.3, 0.4) is 0 Å². The highest BCUT2D eigenvalue weighted by Crippen LogP contribution is 2.25. The van der Waals surface area contributed by atoms with Crippen molar-refractivity contribution in [3.8, 4) is 0 Å². The molecular weight excluding hydrogens is 305 g/mol. The summed E-state index contributed by atoms with van der Waals surface area (Å²) in [4.78, 5) is 15.0. The van der Waals surface area contributed by atoms with E-state index in [1.165, 1.54) is 0 Å². The Hall–Kier alpha value is -1.45. The van der Waals surface area contributed by atoms with Gasteiger partial charge in [0.25, 0.3) is 5.56 Å². The van der Waals surface area contributed by atoms with E-state index in [1.807, 2.05) is 13.8 Å². The molecule has 1 aliphatic heterocycles. The van der Waals surface area contributed by atoms with E-state index < -0.39 is 29.6 Å². The monoisotopic (exact) mass is 324 g/mol. The quantitative estimate of drug-likeness (QED) is 0.715. The van der Waals surface area contributed by atoms with Gasteiger partial charge >= 0.3 is 6.18 Å². The molecule has 0 radical (unpaired) electrons. The number of ether oxygens (including phenoxy) is 1. The number of alkyl halides is 3. The van der Waals surface area contributed by atoms with Gasteiger partial charge < -0.3 is 19.9 Å². The van der Waals surface area contributed by atoms with Crippen LogP contribution in [0, 0.1) is 5.92 Å². The summed E-state index contributed by atoms with van der Waals surface area (Å²) in [6.07, 6.45) is -4.16. The number of H-pyrrole nitrogens is 1. The van der Waals surface area contributed by atoms with Crippen molar-refractivity contribution in [2.75, 3.05) is 6.61 Å². The number of aliphatic hydroxyl groups is 2. The zero-order valence-corrected chi connectivity index (χ0v) is 12.2. The fourth-order valence-corrected chi connectivity index (χ4v) is 1.92. The molecule has 126 valence electrons. The molecule has 2 heterocycles. The summed E-state index contributed by atoms with van der Waals surface area (Å²) in [6, 6.07) is 0. The molecule has 1 aromatic heterocycles. The van der Waals surface area contributed by atoms with Gasteiger partial charge in [-0.15, -0.1) is 0 Å². The molecule has 0 amide bonds. The number of hydrogen-bond acceptors (Lipinski definition) is 5. The normalized spacial score (nSPS) is 25.5. The van der Waals surface area contributed by atoms with Crippen LogP contribution >= 0.6 is 0 Å². The van der Waals surface area contributed by atoms with Crippen molar-refractivity contribution in [3.63, 3.8) is 0 Å². The Bertz CT molecular complexity index is 518. The minimum absolute atomic E-state index is 0.196. The predicted octanol–water partition coefficient (Wildman–Crippen LogP) is 0.942. The van der Waals surface area contributed by atoms with Crippen LogP contribution in [0.4, 0.5) is 13.2 Å². The third-order valence-electron chi connectivity index (χ3n) is 3.07. The van der Waals surface area contributed by atoms with Crippen LogP contribution in [0.5, 0.6) is 0 Å². The Morgan fingerprint density at radius 2 is 2.00 bits per heavy atom. The highest BCUT2D eigenvalue weighted by molar-refractivity contribution is 4.99. The van der Waals surface area contributed by atoms with Crippen molar-refractivity contribution in [1.82, 2.24) is 9.97 Å². The van der Waals surface area contributed by atoms with Crippen molar-refractivity contribution in [2.45, 2.75) is 44.8 Å². The lowest BCUT2D eigenvalue weighted by Gasteiger charge is -2.34. The van der Waals surface area contributed by atoms with E-state index >= 15 is 0 Å². The van der Waals surface area contributed by atoms with E-state index in [0.717, 1.165) is 6.20 Å². The Balaban J connectivity index is 0.000000220. The van der Waals surface area contributed by atoms with Gasteiger partial charge in [-0.3, -0.25) is 9.78 Å². The lowest BCUT2D eigenvalue weighted by Crippen LogP contribution is -2.46. The molecular formula is C13H19F3N2O4. The number of rotatable bonds is 1. The minimum Gasteiger partial charge on any atom is -0.390 e. The predicted molar refractivity (Wildman–Crippen MR) is 71.1 cm³/mol. The number of aliphatic hydroxyl groups excluding tert-OH is 2. The molecule has 6 nitrogen and oxygen atoms in total. The Morgan fingerprint density at radius 1 is 1.36 bits per heavy atom. The number of aromatic nitrogens is 2. The average Bonchev–Trinajstić information content (AvgIpc) is 2.41. The SMILES string of the molecule is CC(C)C1OCCC(O)C1O.O=c1cncc(C(F)(F)F)[nH]1. The molecule has 1 aromatic rings. The van der Waals surface area contributed by atoms with E-state index in [9.17, 15) is 28.2 Å². The van der Waals surface area contributed by atoms with Crippen LogP contribution in [-0.4, -0.2) is 45.1 Å². The van der Waals surface area contributed by atoms with Gasteiger partial charge in [0.05, 0.1) is 24.6 Å². The highest BCUT2D eigenvalue weighted by Gasteiger charge is 2.33. The zero-order valence-electron chi connectivity index (χ0n) is 12.2. The number of hydrogen-bond donors (Lipinski definition) is 3. The molecule has 1 aliphatic rings. The summed E-state index contributed by atoms with van der Waals surface area (Å²) in [7, 11) is 0. The van der Waals surface area contributed by atoms with E-state index in [-0.39, 0.29) is 12.0 Å². The average molecular weight is 324 g/mol. The van der Waals surface area contributed by atoms with Crippen molar-refractivity contribution >= 4 is 0 Å². The highest BCUT2D eigenvalue weighted by atomic mass is 19.4. The first kappa shape index (κ1) is 18.6. The molecule has 1 saturated heterocycles. The number of nitrogens with one attached hydrogen (secondary N) is 1. The molecule has 0 aromatic carbocycles. The smallest absolute Gasteiger partial charge is 0.390 e. The summed E-state index contributed by atoms with van der Waals surface area (Å²) in [5, 5.41) is 18.7. The molecule has 3 atom stereocenters. The van der Waals surface area contributed by atoms with Crippen LogP contribution in [0.25, 0.3) is 0 Å². The molecule has 0 aliphatic carbocycles. The van der Waals surface area contributed by atoms with Crippen LogP contribution in [-0.2, 0) is 10.9 Å². The molecule has 0 bridgehead atoms. The lowest BCUT2D eigenvalue weighted by molar-refractivity contribution is -0.149. The topological polar surface area (TPSA) is 95.4 Å². The summed E-state index contributed by atoms with van der Waals surface area (Å²) >= 11 is 0. The van der Waals surface area contributed by atoms with E-state index in [1.54, 1.807) is 4.98 Å². The Morgan fingerprint density at radius 3 is 2.41 bits per heavy atom. The number of halogens is 3. The molecule has 3 unspecified atom stereocenters. The van der Waals surface area contributed by atoms with Crippen LogP contribution < -0.4 is 5.56 Å². The van der Waals surface area contributed by atoms with Crippen LogP contribution in [0.1, 0.15) is 26.0 Å². The third kappa shape index (κ3) is 5.39. The molecule has 1 fully saturated rings. The zero-order chi connectivity index (χ0) is 16.9. The summed E-state index contributed by atoms with van der Waals surface area (Å²) in [6.45, 7) is 4.51. The maximum Gasteiger partial charge on any atom is 0.432 e. The van der Waals surface area contributed by atoms with Crippen LogP contribution in [0.15, 0.2) is 17.2 Å². The van der Waals surface area contributed by atoms with Crippen molar-refractivity contribution in [2.24, 2.45) is 5.92 Å². The molecule has 3 N–H and O–H groups in total. The van der Waals surface area contributed by atoms with E-state index in [2.05, 4.69) is 4.98 Å². The van der Waals surface area contributed by atoms with Crippen molar-refractivity contribution < 1.29 is 28.1 Å². The molecule has 2 rings (SSSR count). The van der Waals surface area contributed by atoms with Gasteiger partial charge in [0.1, 0.15) is 11.8 Å². The first-order chi connectivity index (χ1) is 10.1. The van der Waals surface area contributed by atoms with Crippen LogP contribution in [0.2, 0.25) is 0 Å². The first-order valence-corrected chi connectivity index (χ1v) is 6.72. The molecule has 9 heteroatoms. The lowest BCUT2D eigenvalue weighted by atomic mass is 9.94. The van der Waals surface area contributed by atoms with Crippen molar-refractivity contribution in [1.29, 1.82) is 0 Å². The Kier molecular flexibility index (Phi) is 6.51. The first-order valence-electron chi connectivity index (χ1n) is 6.72. The van der Waals surface area contributed by atoms with Gasteiger partial charge in [0.15, 0.2) is 0 Å². The summed E-state index contributed by atoms with van der Waals surface area (Å²) in [5.41, 5.74) is -2.00. The van der Waals surface area contributed by atoms with Gasteiger partial charge in [0, 0.05) is 6.61 Å².